The molecule has 0 atom stereocenters. The van der Waals surface area contributed by atoms with Crippen molar-refractivity contribution in [1.29, 1.82) is 0 Å². The average molecular weight is 161 g/mol. The van der Waals surface area contributed by atoms with Gasteiger partial charge in [0, 0.05) is 5.41 Å². The highest BCUT2D eigenvalue weighted by molar-refractivity contribution is 6.13. The van der Waals surface area contributed by atoms with E-state index in [0.717, 1.165) is 4.32 Å². The highest BCUT2D eigenvalue weighted by atomic mass is 35.5. The molecular formula is C5H9ClN4. The maximum atomic E-state index is 5.40. The third-order valence-electron chi connectivity index (χ3n) is 1.06. The number of tetrazole rings is 1. The first-order valence-electron chi connectivity index (χ1n) is 2.97. The lowest BCUT2D eigenvalue weighted by molar-refractivity contribution is 0.545. The summed E-state index contributed by atoms with van der Waals surface area (Å²) in [6, 6.07) is 0. The quantitative estimate of drug-likeness (QED) is 0.568. The first kappa shape index (κ1) is 7.47. The summed E-state index contributed by atoms with van der Waals surface area (Å²) in [5.74, 6) is 0.655. The summed E-state index contributed by atoms with van der Waals surface area (Å²) in [6.07, 6.45) is 0. The van der Waals surface area contributed by atoms with Crippen LogP contribution in [0.5, 0.6) is 0 Å². The lowest BCUT2D eigenvalue weighted by Gasteiger charge is -2.10. The SMILES string of the molecule is CC(C)(C)c1nnn(Cl)n1. The van der Waals surface area contributed by atoms with E-state index in [4.69, 9.17) is 11.8 Å². The fraction of sp³-hybridized carbons (Fsp3) is 0.800. The van der Waals surface area contributed by atoms with Crippen LogP contribution in [0.1, 0.15) is 26.6 Å². The number of halogens is 1. The number of rotatable bonds is 0. The third kappa shape index (κ3) is 1.44. The number of hydrogen-bond acceptors (Lipinski definition) is 3. The van der Waals surface area contributed by atoms with E-state index in [9.17, 15) is 0 Å². The van der Waals surface area contributed by atoms with Crippen molar-refractivity contribution < 1.29 is 0 Å². The van der Waals surface area contributed by atoms with Crippen molar-refractivity contribution in [3.8, 4) is 0 Å². The smallest absolute Gasteiger partial charge is 0.119 e. The molecule has 0 aromatic carbocycles. The summed E-state index contributed by atoms with van der Waals surface area (Å²) in [5.41, 5.74) is -0.0762. The van der Waals surface area contributed by atoms with Gasteiger partial charge in [-0.15, -0.1) is 10.2 Å². The van der Waals surface area contributed by atoms with Crippen LogP contribution in [0, 0.1) is 0 Å². The summed E-state index contributed by atoms with van der Waals surface area (Å²) in [6.45, 7) is 6.00. The van der Waals surface area contributed by atoms with Crippen LogP contribution in [0.25, 0.3) is 0 Å². The molecule has 1 aromatic heterocycles. The van der Waals surface area contributed by atoms with E-state index in [1.165, 1.54) is 0 Å². The Morgan fingerprint density at radius 1 is 1.40 bits per heavy atom. The van der Waals surface area contributed by atoms with Gasteiger partial charge in [0.05, 0.1) is 11.8 Å². The molecular weight excluding hydrogens is 152 g/mol. The maximum absolute atomic E-state index is 5.40. The zero-order valence-electron chi connectivity index (χ0n) is 6.17. The summed E-state index contributed by atoms with van der Waals surface area (Å²) >= 11 is 5.40. The van der Waals surface area contributed by atoms with E-state index in [1.807, 2.05) is 20.8 Å². The van der Waals surface area contributed by atoms with Crippen LogP contribution >= 0.6 is 11.8 Å². The Morgan fingerprint density at radius 3 is 2.20 bits per heavy atom. The van der Waals surface area contributed by atoms with Gasteiger partial charge in [-0.1, -0.05) is 25.1 Å². The van der Waals surface area contributed by atoms with E-state index in [1.54, 1.807) is 0 Å². The molecule has 0 radical (unpaired) electrons. The van der Waals surface area contributed by atoms with Crippen LogP contribution < -0.4 is 0 Å². The van der Waals surface area contributed by atoms with Gasteiger partial charge in [0.1, 0.15) is 0 Å². The molecule has 1 rings (SSSR count). The van der Waals surface area contributed by atoms with Crippen molar-refractivity contribution in [2.24, 2.45) is 0 Å². The number of aromatic nitrogens is 4. The Bertz CT molecular complexity index is 224. The van der Waals surface area contributed by atoms with Crippen molar-refractivity contribution in [3.05, 3.63) is 5.82 Å². The second-order valence-electron chi connectivity index (χ2n) is 3.10. The van der Waals surface area contributed by atoms with Gasteiger partial charge in [0.25, 0.3) is 0 Å². The van der Waals surface area contributed by atoms with Crippen LogP contribution in [-0.4, -0.2) is 19.7 Å². The molecule has 1 heterocycles. The maximum Gasteiger partial charge on any atom is 0.181 e. The molecule has 0 unspecified atom stereocenters. The number of hydrogen-bond donors (Lipinski definition) is 0. The van der Waals surface area contributed by atoms with Gasteiger partial charge < -0.3 is 0 Å². The van der Waals surface area contributed by atoms with Gasteiger partial charge in [-0.2, -0.15) is 0 Å². The molecule has 0 aliphatic carbocycles. The molecule has 0 bridgehead atoms. The largest absolute Gasteiger partial charge is 0.181 e. The molecule has 0 amide bonds. The van der Waals surface area contributed by atoms with Crippen LogP contribution in [0.3, 0.4) is 0 Å². The van der Waals surface area contributed by atoms with Gasteiger partial charge in [-0.3, -0.25) is 0 Å². The predicted octanol–water partition coefficient (Wildman–Crippen LogP) is 0.972. The highest BCUT2D eigenvalue weighted by Gasteiger charge is 2.19. The standard InChI is InChI=1S/C5H9ClN4/c1-5(2,3)4-7-9-10(6)8-4/h1-3H3. The molecule has 5 heteroatoms. The Hall–Kier alpha value is -0.640. The van der Waals surface area contributed by atoms with Gasteiger partial charge in [0.2, 0.25) is 0 Å². The van der Waals surface area contributed by atoms with Crippen molar-refractivity contribution in [3.63, 3.8) is 0 Å². The Kier molecular flexibility index (Phi) is 1.64. The molecule has 56 valence electrons. The minimum absolute atomic E-state index is 0.0762. The Balaban J connectivity index is 2.96. The van der Waals surface area contributed by atoms with Crippen LogP contribution in [0.2, 0.25) is 0 Å². The second kappa shape index (κ2) is 2.20. The average Bonchev–Trinajstić information content (AvgIpc) is 2.11. The molecule has 4 nitrogen and oxygen atoms in total. The van der Waals surface area contributed by atoms with E-state index in [2.05, 4.69) is 15.4 Å². The zero-order valence-corrected chi connectivity index (χ0v) is 6.92. The highest BCUT2D eigenvalue weighted by Crippen LogP contribution is 2.15. The lowest BCUT2D eigenvalue weighted by atomic mass is 9.96. The fourth-order valence-corrected chi connectivity index (χ4v) is 0.603. The van der Waals surface area contributed by atoms with Crippen LogP contribution in [0.15, 0.2) is 0 Å². The summed E-state index contributed by atoms with van der Waals surface area (Å²) in [7, 11) is 0. The van der Waals surface area contributed by atoms with Gasteiger partial charge in [-0.05, 0) is 5.21 Å². The molecule has 0 saturated carbocycles. The molecule has 0 spiro atoms. The van der Waals surface area contributed by atoms with Crippen LogP contribution in [-0.2, 0) is 5.41 Å². The van der Waals surface area contributed by atoms with Gasteiger partial charge in [-0.25, -0.2) is 0 Å². The molecule has 10 heavy (non-hydrogen) atoms. The van der Waals surface area contributed by atoms with Crippen molar-refractivity contribution in [2.45, 2.75) is 26.2 Å². The topological polar surface area (TPSA) is 43.6 Å². The van der Waals surface area contributed by atoms with Crippen molar-refractivity contribution >= 4 is 11.8 Å². The summed E-state index contributed by atoms with van der Waals surface area (Å²) in [4.78, 5) is 0. The second-order valence-corrected chi connectivity index (χ2v) is 3.41. The summed E-state index contributed by atoms with van der Waals surface area (Å²) in [5, 5.41) is 11.1. The van der Waals surface area contributed by atoms with E-state index in [-0.39, 0.29) is 5.41 Å². The Morgan fingerprint density at radius 2 is 2.00 bits per heavy atom. The molecule has 1 aromatic rings. The van der Waals surface area contributed by atoms with Crippen LogP contribution in [0.4, 0.5) is 0 Å². The first-order valence-corrected chi connectivity index (χ1v) is 3.30. The first-order chi connectivity index (χ1) is 4.50. The minimum atomic E-state index is -0.0762. The predicted molar refractivity (Wildman–Crippen MR) is 37.8 cm³/mol. The number of nitrogens with zero attached hydrogens (tertiary/aromatic N) is 4. The van der Waals surface area contributed by atoms with Gasteiger partial charge >= 0.3 is 0 Å². The minimum Gasteiger partial charge on any atom is -0.119 e. The van der Waals surface area contributed by atoms with E-state index in [0.29, 0.717) is 5.82 Å². The van der Waals surface area contributed by atoms with Crippen molar-refractivity contribution in [1.82, 2.24) is 19.7 Å². The van der Waals surface area contributed by atoms with E-state index < -0.39 is 0 Å². The monoisotopic (exact) mass is 160 g/mol. The molecule has 0 aliphatic rings. The lowest BCUT2D eigenvalue weighted by Crippen LogP contribution is -2.13. The molecule has 0 aliphatic heterocycles. The molecule has 0 saturated heterocycles. The van der Waals surface area contributed by atoms with Gasteiger partial charge in [0.15, 0.2) is 5.82 Å². The zero-order chi connectivity index (χ0) is 7.78. The third-order valence-corrected chi connectivity index (χ3v) is 1.20. The van der Waals surface area contributed by atoms with E-state index >= 15 is 0 Å². The normalized spacial score (nSPS) is 12.0. The molecule has 0 N–H and O–H groups in total. The summed E-state index contributed by atoms with van der Waals surface area (Å²) < 4.78 is 0.945. The fourth-order valence-electron chi connectivity index (χ4n) is 0.497. The molecule has 0 fully saturated rings. The Labute approximate surface area is 64.3 Å². The van der Waals surface area contributed by atoms with Crippen molar-refractivity contribution in [2.75, 3.05) is 0 Å².